The van der Waals surface area contributed by atoms with Crippen molar-refractivity contribution in [1.82, 2.24) is 0 Å². The number of hydrogen-bond donors (Lipinski definition) is 0. The number of anilines is 1. The van der Waals surface area contributed by atoms with E-state index in [1.165, 1.54) is 22.8 Å². The maximum atomic E-state index is 13.1. The van der Waals surface area contributed by atoms with Crippen LogP contribution < -0.4 is 4.90 Å². The maximum absolute atomic E-state index is 13.1. The van der Waals surface area contributed by atoms with Gasteiger partial charge in [0.25, 0.3) is 0 Å². The molecule has 0 heterocycles. The second-order valence-corrected chi connectivity index (χ2v) is 7.29. The van der Waals surface area contributed by atoms with Crippen LogP contribution in [0.2, 0.25) is 5.02 Å². The first-order valence-corrected chi connectivity index (χ1v) is 8.74. The van der Waals surface area contributed by atoms with E-state index in [0.717, 1.165) is 23.4 Å². The van der Waals surface area contributed by atoms with E-state index in [4.69, 9.17) is 11.6 Å². The van der Waals surface area contributed by atoms with Crippen molar-refractivity contribution in [3.05, 3.63) is 62.1 Å². The third kappa shape index (κ3) is 3.04. The predicted molar refractivity (Wildman–Crippen MR) is 94.8 cm³/mol. The Hall–Kier alpha value is -1.20. The second kappa shape index (κ2) is 6.26. The van der Waals surface area contributed by atoms with Gasteiger partial charge in [-0.2, -0.15) is 13.2 Å². The first-order valence-electron chi connectivity index (χ1n) is 7.57. The molecule has 0 aromatic heterocycles. The van der Waals surface area contributed by atoms with Crippen LogP contribution in [-0.4, -0.2) is 7.05 Å². The molecule has 2 aromatic rings. The molecule has 128 valence electrons. The lowest BCUT2D eigenvalue weighted by Crippen LogP contribution is -2.22. The maximum Gasteiger partial charge on any atom is 0.417 e. The fraction of sp³-hybridized carbons (Fsp3) is 0.333. The first-order chi connectivity index (χ1) is 11.2. The smallest absolute Gasteiger partial charge is 0.368 e. The van der Waals surface area contributed by atoms with Crippen LogP contribution in [0.4, 0.5) is 18.9 Å². The minimum Gasteiger partial charge on any atom is -0.368 e. The minimum absolute atomic E-state index is 0.0548. The fourth-order valence-electron chi connectivity index (χ4n) is 3.29. The summed E-state index contributed by atoms with van der Waals surface area (Å²) in [6, 6.07) is 8.25. The zero-order valence-electron chi connectivity index (χ0n) is 13.2. The molecule has 1 aliphatic rings. The quantitative estimate of drug-likeness (QED) is 0.534. The van der Waals surface area contributed by atoms with Gasteiger partial charge in [-0.15, -0.1) is 0 Å². The van der Waals surface area contributed by atoms with Gasteiger partial charge in [0.2, 0.25) is 0 Å². The molecule has 0 saturated carbocycles. The number of benzene rings is 2. The van der Waals surface area contributed by atoms with Gasteiger partial charge in [0.05, 0.1) is 16.6 Å². The Labute approximate surface area is 152 Å². The molecule has 0 amide bonds. The highest BCUT2D eigenvalue weighted by Crippen LogP contribution is 2.43. The molecule has 1 aliphatic carbocycles. The summed E-state index contributed by atoms with van der Waals surface area (Å²) in [5.74, 6) is 0. The van der Waals surface area contributed by atoms with Crippen LogP contribution in [0.25, 0.3) is 0 Å². The van der Waals surface area contributed by atoms with Crippen LogP contribution in [0.5, 0.6) is 0 Å². The lowest BCUT2D eigenvalue weighted by atomic mass is 10.0. The van der Waals surface area contributed by atoms with Crippen molar-refractivity contribution < 1.29 is 13.2 Å². The van der Waals surface area contributed by atoms with Crippen molar-refractivity contribution >= 4 is 33.2 Å². The van der Waals surface area contributed by atoms with E-state index in [2.05, 4.69) is 22.0 Å². The standard InChI is InChI=1S/C18H16BrClF3N/c1-10-3-5-12-13(17(10)19)6-8-16(12)24(2)11-4-7-15(20)14(9-11)18(21,22)23/h3-5,7,9,16H,6,8H2,1-2H3. The molecule has 0 spiro atoms. The number of rotatable bonds is 2. The molecule has 0 saturated heterocycles. The van der Waals surface area contributed by atoms with E-state index < -0.39 is 11.7 Å². The van der Waals surface area contributed by atoms with Gasteiger partial charge in [0.1, 0.15) is 0 Å². The fourth-order valence-corrected chi connectivity index (χ4v) is 4.07. The van der Waals surface area contributed by atoms with E-state index in [-0.39, 0.29) is 11.1 Å². The van der Waals surface area contributed by atoms with Gasteiger partial charge < -0.3 is 4.90 Å². The average Bonchev–Trinajstić information content (AvgIpc) is 2.94. The van der Waals surface area contributed by atoms with Gasteiger partial charge >= 0.3 is 6.18 Å². The Bertz CT molecular complexity index is 789. The molecular formula is C18H16BrClF3N. The highest BCUT2D eigenvalue weighted by atomic mass is 79.9. The average molecular weight is 419 g/mol. The Balaban J connectivity index is 1.98. The topological polar surface area (TPSA) is 3.24 Å². The predicted octanol–water partition coefficient (Wildman–Crippen LogP) is 6.55. The number of nitrogens with zero attached hydrogens (tertiary/aromatic N) is 1. The highest BCUT2D eigenvalue weighted by Gasteiger charge is 2.34. The second-order valence-electron chi connectivity index (χ2n) is 6.09. The number of alkyl halides is 3. The molecule has 0 bridgehead atoms. The van der Waals surface area contributed by atoms with Crippen molar-refractivity contribution in [2.24, 2.45) is 0 Å². The van der Waals surface area contributed by atoms with Gasteiger partial charge in [-0.1, -0.05) is 39.7 Å². The zero-order valence-corrected chi connectivity index (χ0v) is 15.6. The first kappa shape index (κ1) is 17.6. The largest absolute Gasteiger partial charge is 0.417 e. The van der Waals surface area contributed by atoms with E-state index in [1.54, 1.807) is 6.07 Å². The molecule has 1 atom stereocenters. The lowest BCUT2D eigenvalue weighted by Gasteiger charge is -2.28. The Morgan fingerprint density at radius 3 is 2.58 bits per heavy atom. The van der Waals surface area contributed by atoms with Crippen molar-refractivity contribution in [1.29, 1.82) is 0 Å². The summed E-state index contributed by atoms with van der Waals surface area (Å²) >= 11 is 9.35. The van der Waals surface area contributed by atoms with Gasteiger partial charge in [0, 0.05) is 17.2 Å². The molecule has 0 N–H and O–H groups in total. The normalized spacial score (nSPS) is 17.0. The van der Waals surface area contributed by atoms with E-state index in [0.29, 0.717) is 5.69 Å². The molecule has 1 nitrogen and oxygen atoms in total. The SMILES string of the molecule is Cc1ccc2c(c1Br)CCC2N(C)c1ccc(Cl)c(C(F)(F)F)c1. The van der Waals surface area contributed by atoms with Crippen LogP contribution in [0, 0.1) is 6.92 Å². The highest BCUT2D eigenvalue weighted by molar-refractivity contribution is 9.10. The monoisotopic (exact) mass is 417 g/mol. The summed E-state index contributed by atoms with van der Waals surface area (Å²) in [5, 5.41) is -0.273. The van der Waals surface area contributed by atoms with Crippen molar-refractivity contribution in [3.8, 4) is 0 Å². The summed E-state index contributed by atoms with van der Waals surface area (Å²) in [6.45, 7) is 2.04. The summed E-state index contributed by atoms with van der Waals surface area (Å²) in [7, 11) is 1.83. The summed E-state index contributed by atoms with van der Waals surface area (Å²) in [5.41, 5.74) is 3.30. The van der Waals surface area contributed by atoms with Crippen LogP contribution in [0.3, 0.4) is 0 Å². The van der Waals surface area contributed by atoms with Crippen molar-refractivity contribution in [2.45, 2.75) is 32.0 Å². The minimum atomic E-state index is -4.46. The van der Waals surface area contributed by atoms with E-state index in [1.807, 2.05) is 24.9 Å². The molecule has 0 aliphatic heterocycles. The molecular weight excluding hydrogens is 403 g/mol. The molecule has 2 aromatic carbocycles. The lowest BCUT2D eigenvalue weighted by molar-refractivity contribution is -0.137. The van der Waals surface area contributed by atoms with Crippen LogP contribution >= 0.6 is 27.5 Å². The van der Waals surface area contributed by atoms with E-state index in [9.17, 15) is 13.2 Å². The number of hydrogen-bond acceptors (Lipinski definition) is 1. The number of halogens is 5. The van der Waals surface area contributed by atoms with Gasteiger partial charge in [-0.05, 0) is 54.7 Å². The van der Waals surface area contributed by atoms with Crippen LogP contribution in [-0.2, 0) is 12.6 Å². The molecule has 0 fully saturated rings. The Morgan fingerprint density at radius 1 is 1.21 bits per heavy atom. The molecule has 6 heteroatoms. The molecule has 3 rings (SSSR count). The van der Waals surface area contributed by atoms with Crippen LogP contribution in [0.1, 0.15) is 34.7 Å². The van der Waals surface area contributed by atoms with Crippen LogP contribution in [0.15, 0.2) is 34.8 Å². The Kier molecular flexibility index (Phi) is 4.60. The summed E-state index contributed by atoms with van der Waals surface area (Å²) in [6.07, 6.45) is -2.67. The third-order valence-corrected chi connectivity index (χ3v) is 6.06. The van der Waals surface area contributed by atoms with Crippen molar-refractivity contribution in [3.63, 3.8) is 0 Å². The molecule has 1 unspecified atom stereocenters. The van der Waals surface area contributed by atoms with E-state index >= 15 is 0 Å². The van der Waals surface area contributed by atoms with Gasteiger partial charge in [-0.3, -0.25) is 0 Å². The number of aryl methyl sites for hydroxylation is 1. The Morgan fingerprint density at radius 2 is 1.92 bits per heavy atom. The van der Waals surface area contributed by atoms with Gasteiger partial charge in [-0.25, -0.2) is 0 Å². The third-order valence-electron chi connectivity index (χ3n) is 4.63. The summed E-state index contributed by atoms with van der Waals surface area (Å²) in [4.78, 5) is 1.90. The number of fused-ring (bicyclic) bond motifs is 1. The van der Waals surface area contributed by atoms with Crippen molar-refractivity contribution in [2.75, 3.05) is 11.9 Å². The summed E-state index contributed by atoms with van der Waals surface area (Å²) < 4.78 is 40.4. The molecule has 24 heavy (non-hydrogen) atoms. The molecule has 0 radical (unpaired) electrons. The zero-order chi connectivity index (χ0) is 17.6. The van der Waals surface area contributed by atoms with Gasteiger partial charge in [0.15, 0.2) is 0 Å².